The minimum absolute atomic E-state index is 0.0880. The van der Waals surface area contributed by atoms with Crippen molar-refractivity contribution in [1.29, 1.82) is 0 Å². The number of carboxylic acid groups (broad SMARTS) is 1. The molecule has 1 aromatic carbocycles. The molecule has 0 atom stereocenters. The molecule has 0 radical (unpaired) electrons. The summed E-state index contributed by atoms with van der Waals surface area (Å²) in [5.74, 6) is -0.714. The second kappa shape index (κ2) is 10.1. The van der Waals surface area contributed by atoms with Crippen molar-refractivity contribution in [3.05, 3.63) is 40.0 Å². The fraction of sp³-hybridized carbons (Fsp3) is 0.633. The number of amides is 1. The Morgan fingerprint density at radius 3 is 2.49 bits per heavy atom. The van der Waals surface area contributed by atoms with Crippen molar-refractivity contribution in [2.75, 3.05) is 7.11 Å². The molecule has 3 fully saturated rings. The van der Waals surface area contributed by atoms with E-state index in [4.69, 9.17) is 9.72 Å². The van der Waals surface area contributed by atoms with Crippen molar-refractivity contribution in [2.45, 2.75) is 102 Å². The maximum Gasteiger partial charge on any atom is 0.306 e. The lowest BCUT2D eigenvalue weighted by molar-refractivity contribution is -0.145. The maximum atomic E-state index is 13.2. The van der Waals surface area contributed by atoms with Gasteiger partial charge in [-0.3, -0.25) is 9.59 Å². The third-order valence-corrected chi connectivity index (χ3v) is 10.2. The molecule has 3 saturated carbocycles. The van der Waals surface area contributed by atoms with Gasteiger partial charge in [0.1, 0.15) is 0 Å². The van der Waals surface area contributed by atoms with Gasteiger partial charge in [0.05, 0.1) is 22.1 Å². The van der Waals surface area contributed by atoms with E-state index in [0.29, 0.717) is 23.8 Å². The van der Waals surface area contributed by atoms with Crippen molar-refractivity contribution in [2.24, 2.45) is 11.8 Å². The zero-order chi connectivity index (χ0) is 26.4. The first-order chi connectivity index (χ1) is 17.6. The van der Waals surface area contributed by atoms with Crippen LogP contribution in [0.4, 0.5) is 0 Å². The van der Waals surface area contributed by atoms with E-state index in [0.717, 1.165) is 28.1 Å². The average Bonchev–Trinajstić information content (AvgIpc) is 3.47. The number of carbonyl (C=O) groups is 2. The van der Waals surface area contributed by atoms with Crippen LogP contribution in [0.15, 0.2) is 18.2 Å². The lowest BCUT2D eigenvalue weighted by Crippen LogP contribution is -2.46. The molecule has 1 amide bonds. The Labute approximate surface area is 224 Å². The Balaban J connectivity index is 1.49. The first-order valence-corrected chi connectivity index (χ1v) is 14.6. The Morgan fingerprint density at radius 2 is 1.86 bits per heavy atom. The van der Waals surface area contributed by atoms with Crippen LogP contribution < -0.4 is 5.32 Å². The molecule has 0 unspecified atom stereocenters. The summed E-state index contributed by atoms with van der Waals surface area (Å²) in [4.78, 5) is 30.4. The maximum absolute atomic E-state index is 13.2. The highest BCUT2D eigenvalue weighted by Crippen LogP contribution is 2.50. The smallest absolute Gasteiger partial charge is 0.306 e. The SMILES string of the molecule is COC(C)(C)c1cc(-c2sc(C(=O)N[C@H]3C[C@H](C(=O)O)C3)nc2CC2CCCCC2)cc(C2(C)CC2)c1. The first kappa shape index (κ1) is 26.4. The third-order valence-electron chi connectivity index (χ3n) is 9.02. The van der Waals surface area contributed by atoms with Crippen LogP contribution in [0.2, 0.25) is 0 Å². The fourth-order valence-electron chi connectivity index (χ4n) is 5.71. The van der Waals surface area contributed by atoms with E-state index in [-0.39, 0.29) is 23.3 Å². The topological polar surface area (TPSA) is 88.5 Å². The van der Waals surface area contributed by atoms with E-state index in [1.165, 1.54) is 61.8 Å². The first-order valence-electron chi connectivity index (χ1n) is 13.8. The highest BCUT2D eigenvalue weighted by molar-refractivity contribution is 7.17. The van der Waals surface area contributed by atoms with Crippen LogP contribution >= 0.6 is 11.3 Å². The number of methoxy groups -OCH3 is 1. The number of carbonyl (C=O) groups excluding carboxylic acids is 1. The molecule has 0 spiro atoms. The molecule has 2 aromatic rings. The van der Waals surface area contributed by atoms with E-state index in [1.807, 2.05) is 0 Å². The number of carboxylic acids is 1. The van der Waals surface area contributed by atoms with Crippen molar-refractivity contribution >= 4 is 23.2 Å². The van der Waals surface area contributed by atoms with Gasteiger partial charge in [0.15, 0.2) is 5.01 Å². The molecule has 1 aromatic heterocycles. The van der Waals surface area contributed by atoms with Crippen LogP contribution in [-0.2, 0) is 27.0 Å². The molecule has 0 bridgehead atoms. The lowest BCUT2D eigenvalue weighted by atomic mass is 9.80. The molecule has 37 heavy (non-hydrogen) atoms. The number of nitrogens with one attached hydrogen (secondary N) is 1. The van der Waals surface area contributed by atoms with Gasteiger partial charge in [-0.15, -0.1) is 11.3 Å². The van der Waals surface area contributed by atoms with E-state index in [2.05, 4.69) is 44.3 Å². The minimum Gasteiger partial charge on any atom is -0.481 e. The molecule has 6 nitrogen and oxygen atoms in total. The van der Waals surface area contributed by atoms with Crippen molar-refractivity contribution in [3.8, 4) is 10.4 Å². The highest BCUT2D eigenvalue weighted by atomic mass is 32.1. The van der Waals surface area contributed by atoms with Crippen LogP contribution in [0.3, 0.4) is 0 Å². The van der Waals surface area contributed by atoms with E-state index < -0.39 is 11.6 Å². The zero-order valence-electron chi connectivity index (χ0n) is 22.6. The van der Waals surface area contributed by atoms with Gasteiger partial charge in [0.2, 0.25) is 0 Å². The number of rotatable bonds is 9. The lowest BCUT2D eigenvalue weighted by Gasteiger charge is -2.32. The second-order valence-electron chi connectivity index (χ2n) is 12.3. The predicted molar refractivity (Wildman–Crippen MR) is 146 cm³/mol. The van der Waals surface area contributed by atoms with Crippen molar-refractivity contribution in [1.82, 2.24) is 10.3 Å². The van der Waals surface area contributed by atoms with Gasteiger partial charge in [0, 0.05) is 13.2 Å². The van der Waals surface area contributed by atoms with Crippen LogP contribution in [0.5, 0.6) is 0 Å². The van der Waals surface area contributed by atoms with Crippen LogP contribution in [-0.4, -0.2) is 35.1 Å². The summed E-state index contributed by atoms with van der Waals surface area (Å²) in [5.41, 5.74) is 4.42. The molecule has 5 rings (SSSR count). The third kappa shape index (κ3) is 5.63. The number of hydrogen-bond donors (Lipinski definition) is 2. The monoisotopic (exact) mass is 524 g/mol. The van der Waals surface area contributed by atoms with Crippen LogP contribution in [0, 0.1) is 11.8 Å². The van der Waals surface area contributed by atoms with E-state index in [9.17, 15) is 14.7 Å². The normalized spacial score (nSPS) is 23.4. The molecular weight excluding hydrogens is 484 g/mol. The van der Waals surface area contributed by atoms with Gasteiger partial charge >= 0.3 is 5.97 Å². The van der Waals surface area contributed by atoms with Crippen molar-refractivity contribution < 1.29 is 19.4 Å². The molecule has 2 N–H and O–H groups in total. The standard InChI is InChI=1S/C30H40N2O4S/c1-29(2,36-4)21-13-19(14-22(17-21)30(3)10-11-30)25-24(12-18-8-6-5-7-9-18)32-27(37-25)26(33)31-23-15-20(16-23)28(34)35/h13-14,17-18,20,23H,5-12,15-16H2,1-4H3,(H,31,33)(H,34,35)/t20-,23-. The summed E-state index contributed by atoms with van der Waals surface area (Å²) in [5, 5.41) is 12.7. The molecule has 0 aliphatic heterocycles. The summed E-state index contributed by atoms with van der Waals surface area (Å²) in [6, 6.07) is 6.74. The Kier molecular flexibility index (Phi) is 7.22. The van der Waals surface area contributed by atoms with Crippen LogP contribution in [0.25, 0.3) is 10.4 Å². The Hall–Kier alpha value is -2.25. The molecule has 1 heterocycles. The fourth-order valence-corrected chi connectivity index (χ4v) is 6.69. The number of ether oxygens (including phenoxy) is 1. The van der Waals surface area contributed by atoms with Crippen LogP contribution in [0.1, 0.15) is 105 Å². The minimum atomic E-state index is -0.782. The average molecular weight is 525 g/mol. The Bertz CT molecular complexity index is 1170. The quantitative estimate of drug-likeness (QED) is 0.393. The number of aromatic nitrogens is 1. The summed E-state index contributed by atoms with van der Waals surface area (Å²) < 4.78 is 5.87. The van der Waals surface area contributed by atoms with Gasteiger partial charge < -0.3 is 15.2 Å². The molecular formula is C30H40N2O4S. The second-order valence-corrected chi connectivity index (χ2v) is 13.3. The van der Waals surface area contributed by atoms with Gasteiger partial charge in [-0.2, -0.15) is 0 Å². The summed E-state index contributed by atoms with van der Waals surface area (Å²) in [6.45, 7) is 6.53. The van der Waals surface area contributed by atoms with Gasteiger partial charge in [0.25, 0.3) is 5.91 Å². The molecule has 0 saturated heterocycles. The summed E-state index contributed by atoms with van der Waals surface area (Å²) in [7, 11) is 1.75. The number of aliphatic carboxylic acids is 1. The zero-order valence-corrected chi connectivity index (χ0v) is 23.4. The van der Waals surface area contributed by atoms with Crippen molar-refractivity contribution in [3.63, 3.8) is 0 Å². The number of benzene rings is 1. The highest BCUT2D eigenvalue weighted by Gasteiger charge is 2.40. The van der Waals surface area contributed by atoms with Gasteiger partial charge in [-0.1, -0.05) is 45.1 Å². The van der Waals surface area contributed by atoms with E-state index in [1.54, 1.807) is 7.11 Å². The molecule has 3 aliphatic carbocycles. The van der Waals surface area contributed by atoms with Gasteiger partial charge in [-0.05, 0) is 86.1 Å². The number of nitrogens with zero attached hydrogens (tertiary/aromatic N) is 1. The molecule has 7 heteroatoms. The Morgan fingerprint density at radius 1 is 1.16 bits per heavy atom. The molecule has 200 valence electrons. The largest absolute Gasteiger partial charge is 0.481 e. The van der Waals surface area contributed by atoms with E-state index >= 15 is 0 Å². The number of hydrogen-bond acceptors (Lipinski definition) is 5. The predicted octanol–water partition coefficient (Wildman–Crippen LogP) is 6.46. The summed E-state index contributed by atoms with van der Waals surface area (Å²) >= 11 is 1.48. The molecule has 3 aliphatic rings. The number of thiazole rings is 1. The van der Waals surface area contributed by atoms with Gasteiger partial charge in [-0.25, -0.2) is 4.98 Å². The summed E-state index contributed by atoms with van der Waals surface area (Å²) in [6.07, 6.45) is 10.5.